The minimum absolute atomic E-state index is 0.254. The molecule has 0 aliphatic carbocycles. The van der Waals surface area contributed by atoms with Crippen molar-refractivity contribution in [3.8, 4) is 0 Å². The molecule has 0 aromatic heterocycles. The average molecular weight is 162 g/mol. The predicted octanol–water partition coefficient (Wildman–Crippen LogP) is 1.24. The molecule has 2 atom stereocenters. The Hall–Kier alpha value is 0.270. The maximum absolute atomic E-state index is 8.72. The fraction of sp³-hybridized carbons (Fsp3) is 1.00. The van der Waals surface area contributed by atoms with Crippen LogP contribution in [0.1, 0.15) is 19.8 Å². The number of hydrogen-bond donors (Lipinski definition) is 1. The van der Waals surface area contributed by atoms with Crippen molar-refractivity contribution >= 4 is 11.8 Å². The van der Waals surface area contributed by atoms with E-state index in [1.165, 1.54) is 6.42 Å². The van der Waals surface area contributed by atoms with Gasteiger partial charge in [-0.1, -0.05) is 6.92 Å². The lowest BCUT2D eigenvalue weighted by atomic mass is 10.4. The number of ether oxygens (including phenoxy) is 1. The second kappa shape index (κ2) is 4.21. The molecular weight excluding hydrogens is 148 g/mol. The molecule has 1 rings (SSSR count). The van der Waals surface area contributed by atoms with Gasteiger partial charge in [0.1, 0.15) is 5.44 Å². The molecular formula is C7H14O2S. The van der Waals surface area contributed by atoms with E-state index in [4.69, 9.17) is 9.84 Å². The van der Waals surface area contributed by atoms with Crippen LogP contribution in [-0.4, -0.2) is 29.0 Å². The van der Waals surface area contributed by atoms with Crippen molar-refractivity contribution in [2.24, 2.45) is 0 Å². The van der Waals surface area contributed by atoms with E-state index in [1.807, 2.05) is 6.92 Å². The standard InChI is InChI=1S/C7H14O2S/c1-6(5-8)10-7-3-2-4-9-7/h6-8H,2-5H2,1H3. The van der Waals surface area contributed by atoms with Crippen molar-refractivity contribution in [1.29, 1.82) is 0 Å². The zero-order valence-corrected chi connectivity index (χ0v) is 7.06. The molecule has 1 fully saturated rings. The zero-order chi connectivity index (χ0) is 7.40. The third-order valence-electron chi connectivity index (χ3n) is 1.53. The van der Waals surface area contributed by atoms with Crippen molar-refractivity contribution in [2.45, 2.75) is 30.5 Å². The Morgan fingerprint density at radius 2 is 2.60 bits per heavy atom. The molecule has 10 heavy (non-hydrogen) atoms. The van der Waals surface area contributed by atoms with Gasteiger partial charge in [0.2, 0.25) is 0 Å². The van der Waals surface area contributed by atoms with E-state index in [-0.39, 0.29) is 6.61 Å². The molecule has 0 radical (unpaired) electrons. The Bertz CT molecular complexity index is 91.6. The average Bonchev–Trinajstić information content (AvgIpc) is 2.40. The van der Waals surface area contributed by atoms with Crippen LogP contribution >= 0.6 is 11.8 Å². The van der Waals surface area contributed by atoms with Gasteiger partial charge in [-0.2, -0.15) is 0 Å². The van der Waals surface area contributed by atoms with E-state index in [0.717, 1.165) is 13.0 Å². The van der Waals surface area contributed by atoms with Crippen LogP contribution in [0, 0.1) is 0 Å². The minimum Gasteiger partial charge on any atom is -0.395 e. The number of thioether (sulfide) groups is 1. The molecule has 1 heterocycles. The van der Waals surface area contributed by atoms with E-state index in [1.54, 1.807) is 11.8 Å². The molecule has 1 N–H and O–H groups in total. The van der Waals surface area contributed by atoms with Crippen molar-refractivity contribution in [3.05, 3.63) is 0 Å². The fourth-order valence-electron chi connectivity index (χ4n) is 0.958. The van der Waals surface area contributed by atoms with E-state index < -0.39 is 0 Å². The fourth-order valence-corrected chi connectivity index (χ4v) is 2.04. The molecule has 2 nitrogen and oxygen atoms in total. The highest BCUT2D eigenvalue weighted by Crippen LogP contribution is 2.26. The van der Waals surface area contributed by atoms with Gasteiger partial charge in [0.25, 0.3) is 0 Å². The molecule has 0 aromatic rings. The molecule has 1 aliphatic rings. The lowest BCUT2D eigenvalue weighted by Crippen LogP contribution is -2.09. The smallest absolute Gasteiger partial charge is 0.103 e. The summed E-state index contributed by atoms with van der Waals surface area (Å²) >= 11 is 1.73. The van der Waals surface area contributed by atoms with Crippen LogP contribution in [0.25, 0.3) is 0 Å². The third kappa shape index (κ3) is 2.48. The van der Waals surface area contributed by atoms with Crippen LogP contribution in [0.4, 0.5) is 0 Å². The summed E-state index contributed by atoms with van der Waals surface area (Å²) in [6, 6.07) is 0. The van der Waals surface area contributed by atoms with Gasteiger partial charge in [0, 0.05) is 11.9 Å². The summed E-state index contributed by atoms with van der Waals surface area (Å²) in [5.74, 6) is 0. The van der Waals surface area contributed by atoms with Gasteiger partial charge in [-0.3, -0.25) is 0 Å². The summed E-state index contributed by atoms with van der Waals surface area (Å²) in [5, 5.41) is 9.04. The zero-order valence-electron chi connectivity index (χ0n) is 6.25. The van der Waals surface area contributed by atoms with Gasteiger partial charge < -0.3 is 9.84 Å². The van der Waals surface area contributed by atoms with Crippen molar-refractivity contribution in [3.63, 3.8) is 0 Å². The summed E-state index contributed by atoms with van der Waals surface area (Å²) in [6.07, 6.45) is 2.32. The molecule has 1 saturated heterocycles. The molecule has 3 heteroatoms. The van der Waals surface area contributed by atoms with Crippen LogP contribution in [-0.2, 0) is 4.74 Å². The van der Waals surface area contributed by atoms with Crippen LogP contribution in [0.5, 0.6) is 0 Å². The maximum atomic E-state index is 8.72. The third-order valence-corrected chi connectivity index (χ3v) is 2.82. The number of rotatable bonds is 3. The minimum atomic E-state index is 0.254. The quantitative estimate of drug-likeness (QED) is 0.677. The molecule has 60 valence electrons. The van der Waals surface area contributed by atoms with Gasteiger partial charge >= 0.3 is 0 Å². The first kappa shape index (κ1) is 8.37. The first-order valence-corrected chi connectivity index (χ1v) is 4.65. The van der Waals surface area contributed by atoms with Crippen molar-refractivity contribution in [2.75, 3.05) is 13.2 Å². The summed E-state index contributed by atoms with van der Waals surface area (Å²) < 4.78 is 5.38. The molecule has 0 saturated carbocycles. The normalized spacial score (nSPS) is 28.8. The van der Waals surface area contributed by atoms with E-state index >= 15 is 0 Å². The van der Waals surface area contributed by atoms with Crippen LogP contribution in [0.2, 0.25) is 0 Å². The van der Waals surface area contributed by atoms with Crippen molar-refractivity contribution < 1.29 is 9.84 Å². The first-order valence-electron chi connectivity index (χ1n) is 3.71. The van der Waals surface area contributed by atoms with Crippen molar-refractivity contribution in [1.82, 2.24) is 0 Å². The van der Waals surface area contributed by atoms with E-state index in [9.17, 15) is 0 Å². The Balaban J connectivity index is 2.11. The Morgan fingerprint density at radius 1 is 1.80 bits per heavy atom. The number of aliphatic hydroxyl groups excluding tert-OH is 1. The Morgan fingerprint density at radius 3 is 3.10 bits per heavy atom. The second-order valence-electron chi connectivity index (χ2n) is 2.57. The van der Waals surface area contributed by atoms with E-state index in [2.05, 4.69) is 0 Å². The highest BCUT2D eigenvalue weighted by molar-refractivity contribution is 8.00. The lowest BCUT2D eigenvalue weighted by Gasteiger charge is -2.12. The molecule has 0 bridgehead atoms. The first-order chi connectivity index (χ1) is 4.83. The molecule has 0 amide bonds. The topological polar surface area (TPSA) is 29.5 Å². The van der Waals surface area contributed by atoms with Gasteiger partial charge in [-0.05, 0) is 12.8 Å². The van der Waals surface area contributed by atoms with Crippen LogP contribution in [0.3, 0.4) is 0 Å². The highest BCUT2D eigenvalue weighted by atomic mass is 32.2. The monoisotopic (exact) mass is 162 g/mol. The molecule has 0 aromatic carbocycles. The Kier molecular flexibility index (Phi) is 3.52. The van der Waals surface area contributed by atoms with Gasteiger partial charge in [-0.25, -0.2) is 0 Å². The predicted molar refractivity (Wildman–Crippen MR) is 43.1 cm³/mol. The van der Waals surface area contributed by atoms with E-state index in [0.29, 0.717) is 10.7 Å². The second-order valence-corrected chi connectivity index (χ2v) is 4.17. The van der Waals surface area contributed by atoms with Gasteiger partial charge in [0.05, 0.1) is 6.61 Å². The summed E-state index contributed by atoms with van der Waals surface area (Å²) in [7, 11) is 0. The molecule has 0 spiro atoms. The summed E-state index contributed by atoms with van der Waals surface area (Å²) in [6.45, 7) is 3.17. The van der Waals surface area contributed by atoms with Crippen LogP contribution < -0.4 is 0 Å². The number of hydrogen-bond acceptors (Lipinski definition) is 3. The van der Waals surface area contributed by atoms with Gasteiger partial charge in [0.15, 0.2) is 0 Å². The number of aliphatic hydroxyl groups is 1. The van der Waals surface area contributed by atoms with Crippen LogP contribution in [0.15, 0.2) is 0 Å². The summed E-state index contributed by atoms with van der Waals surface area (Å²) in [5.41, 5.74) is 0.349. The highest BCUT2D eigenvalue weighted by Gasteiger charge is 2.17. The SMILES string of the molecule is CC(CO)SC1CCCO1. The molecule has 1 aliphatic heterocycles. The Labute approximate surface area is 66.0 Å². The van der Waals surface area contributed by atoms with Gasteiger partial charge in [-0.15, -0.1) is 11.8 Å². The summed E-state index contributed by atoms with van der Waals surface area (Å²) in [4.78, 5) is 0. The lowest BCUT2D eigenvalue weighted by molar-refractivity contribution is 0.172. The molecule has 2 unspecified atom stereocenters. The maximum Gasteiger partial charge on any atom is 0.103 e. The largest absolute Gasteiger partial charge is 0.395 e.